The monoisotopic (exact) mass is 234 g/mol. The summed E-state index contributed by atoms with van der Waals surface area (Å²) in [5.74, 6) is 1.16. The van der Waals surface area contributed by atoms with Gasteiger partial charge in [0.25, 0.3) is 0 Å². The van der Waals surface area contributed by atoms with Gasteiger partial charge in [0, 0.05) is 24.8 Å². The summed E-state index contributed by atoms with van der Waals surface area (Å²) < 4.78 is 0. The van der Waals surface area contributed by atoms with Crippen molar-refractivity contribution in [2.45, 2.75) is 19.4 Å². The lowest BCUT2D eigenvalue weighted by Crippen LogP contribution is -2.43. The number of rotatable bonds is 2. The Balaban J connectivity index is 2.17. The lowest BCUT2D eigenvalue weighted by atomic mass is 9.96. The lowest BCUT2D eigenvalue weighted by molar-refractivity contribution is 0.102. The van der Waals surface area contributed by atoms with Crippen LogP contribution in [-0.2, 0) is 0 Å². The molecule has 17 heavy (non-hydrogen) atoms. The van der Waals surface area contributed by atoms with Crippen LogP contribution in [0.1, 0.15) is 18.9 Å². The van der Waals surface area contributed by atoms with Crippen molar-refractivity contribution in [3.8, 4) is 0 Å². The molecule has 0 saturated carbocycles. The van der Waals surface area contributed by atoms with Gasteiger partial charge in [0.15, 0.2) is 0 Å². The fraction of sp³-hybridized carbons (Fsp3) is 0.500. The van der Waals surface area contributed by atoms with Gasteiger partial charge < -0.3 is 15.7 Å². The molecule has 2 rings (SSSR count). The predicted molar refractivity (Wildman–Crippen MR) is 67.3 cm³/mol. The average molecular weight is 234 g/mol. The molecule has 1 aliphatic heterocycles. The summed E-state index contributed by atoms with van der Waals surface area (Å²) in [6.45, 7) is 3.53. The first-order valence-electron chi connectivity index (χ1n) is 5.81. The predicted octanol–water partition coefficient (Wildman–Crippen LogP) is 0.573. The first-order chi connectivity index (χ1) is 8.08. The van der Waals surface area contributed by atoms with E-state index in [1.54, 1.807) is 18.3 Å². The Morgan fingerprint density at radius 1 is 1.65 bits per heavy atom. The van der Waals surface area contributed by atoms with Crippen molar-refractivity contribution >= 4 is 11.7 Å². The van der Waals surface area contributed by atoms with Gasteiger partial charge in [-0.25, -0.2) is 4.98 Å². The summed E-state index contributed by atoms with van der Waals surface area (Å²) in [4.78, 5) is 6.31. The molecule has 0 aromatic carbocycles. The molecular formula is C12H18N4O. The Bertz CT molecular complexity index is 421. The van der Waals surface area contributed by atoms with Crippen LogP contribution in [0.4, 0.5) is 5.82 Å². The average Bonchev–Trinajstić information content (AvgIpc) is 2.33. The third-order valence-electron chi connectivity index (χ3n) is 3.30. The molecule has 1 aromatic heterocycles. The van der Waals surface area contributed by atoms with E-state index < -0.39 is 0 Å². The first-order valence-corrected chi connectivity index (χ1v) is 5.81. The van der Waals surface area contributed by atoms with Crippen LogP contribution < -0.4 is 10.6 Å². The van der Waals surface area contributed by atoms with Gasteiger partial charge in [-0.05, 0) is 24.5 Å². The highest BCUT2D eigenvalue weighted by Crippen LogP contribution is 2.22. The fourth-order valence-corrected chi connectivity index (χ4v) is 2.02. The smallest absolute Gasteiger partial charge is 0.129 e. The largest absolute Gasteiger partial charge is 0.391 e. The highest BCUT2D eigenvalue weighted by atomic mass is 16.3. The van der Waals surface area contributed by atoms with Gasteiger partial charge in [0.2, 0.25) is 0 Å². The number of piperidine rings is 1. The van der Waals surface area contributed by atoms with Gasteiger partial charge in [-0.15, -0.1) is 0 Å². The highest BCUT2D eigenvalue weighted by Gasteiger charge is 2.25. The zero-order valence-corrected chi connectivity index (χ0v) is 9.93. The third-order valence-corrected chi connectivity index (χ3v) is 3.30. The minimum absolute atomic E-state index is 0.0413. The maximum absolute atomic E-state index is 9.85. The molecule has 1 aromatic rings. The van der Waals surface area contributed by atoms with E-state index >= 15 is 0 Å². The summed E-state index contributed by atoms with van der Waals surface area (Å²) in [6, 6.07) is 3.51. The fourth-order valence-electron chi connectivity index (χ4n) is 2.02. The normalized spacial score (nSPS) is 24.7. The highest BCUT2D eigenvalue weighted by molar-refractivity contribution is 5.95. The molecule has 0 spiro atoms. The number of amidine groups is 1. The van der Waals surface area contributed by atoms with Crippen molar-refractivity contribution in [3.05, 3.63) is 23.9 Å². The number of β-amino-alcohol motifs (C(OH)–C–C–N with tert-alkyl or cyclic N) is 1. The van der Waals surface area contributed by atoms with E-state index in [0.29, 0.717) is 18.0 Å². The molecule has 2 heterocycles. The minimum atomic E-state index is -0.313. The molecule has 5 nitrogen and oxygen atoms in total. The molecule has 1 aliphatic rings. The summed E-state index contributed by atoms with van der Waals surface area (Å²) in [7, 11) is 0. The second kappa shape index (κ2) is 4.71. The number of anilines is 1. The molecule has 0 amide bonds. The number of nitrogens with one attached hydrogen (secondary N) is 1. The molecule has 0 radical (unpaired) electrons. The molecule has 2 atom stereocenters. The minimum Gasteiger partial charge on any atom is -0.391 e. The van der Waals surface area contributed by atoms with Gasteiger partial charge in [-0.2, -0.15) is 0 Å². The van der Waals surface area contributed by atoms with Crippen molar-refractivity contribution in [1.82, 2.24) is 4.98 Å². The van der Waals surface area contributed by atoms with E-state index in [9.17, 15) is 5.11 Å². The van der Waals surface area contributed by atoms with Crippen LogP contribution in [0.15, 0.2) is 18.3 Å². The molecular weight excluding hydrogens is 216 g/mol. The molecule has 2 unspecified atom stereocenters. The number of pyridine rings is 1. The van der Waals surface area contributed by atoms with Gasteiger partial charge >= 0.3 is 0 Å². The molecule has 92 valence electrons. The molecule has 0 aliphatic carbocycles. The number of nitrogens with two attached hydrogens (primary N) is 1. The van der Waals surface area contributed by atoms with E-state index in [2.05, 4.69) is 11.9 Å². The van der Waals surface area contributed by atoms with E-state index in [1.165, 1.54) is 0 Å². The number of hydrogen-bond acceptors (Lipinski definition) is 4. The second-order valence-corrected chi connectivity index (χ2v) is 4.60. The summed E-state index contributed by atoms with van der Waals surface area (Å²) >= 11 is 0. The van der Waals surface area contributed by atoms with Crippen LogP contribution in [0.2, 0.25) is 0 Å². The van der Waals surface area contributed by atoms with Gasteiger partial charge in [0.1, 0.15) is 11.7 Å². The standard InChI is InChI=1S/C12H18N4O/c1-8-3-5-16(7-10(8)17)11-6-9(12(13)14)2-4-15-11/h2,4,6,8,10,17H,3,5,7H2,1H3,(H3,13,14). The van der Waals surface area contributed by atoms with Crippen LogP contribution in [0, 0.1) is 11.3 Å². The Hall–Kier alpha value is -1.62. The topological polar surface area (TPSA) is 86.2 Å². The second-order valence-electron chi connectivity index (χ2n) is 4.60. The Morgan fingerprint density at radius 3 is 3.06 bits per heavy atom. The van der Waals surface area contributed by atoms with Gasteiger partial charge in [0.05, 0.1) is 6.10 Å². The van der Waals surface area contributed by atoms with Crippen LogP contribution in [0.3, 0.4) is 0 Å². The Kier molecular flexibility index (Phi) is 3.28. The maximum Gasteiger partial charge on any atom is 0.129 e. The molecule has 1 fully saturated rings. The maximum atomic E-state index is 9.85. The summed E-state index contributed by atoms with van der Waals surface area (Å²) in [5.41, 5.74) is 6.12. The number of nitrogen functional groups attached to an aromatic ring is 1. The summed E-state index contributed by atoms with van der Waals surface area (Å²) in [6.07, 6.45) is 2.29. The van der Waals surface area contributed by atoms with Crippen LogP contribution >= 0.6 is 0 Å². The van der Waals surface area contributed by atoms with Crippen LogP contribution in [0.25, 0.3) is 0 Å². The van der Waals surface area contributed by atoms with E-state index in [-0.39, 0.29) is 11.9 Å². The number of aliphatic hydroxyl groups excluding tert-OH is 1. The van der Waals surface area contributed by atoms with Crippen molar-refractivity contribution < 1.29 is 5.11 Å². The molecule has 5 heteroatoms. The van der Waals surface area contributed by atoms with Gasteiger partial charge in [-0.3, -0.25) is 5.41 Å². The van der Waals surface area contributed by atoms with Crippen LogP contribution in [0.5, 0.6) is 0 Å². The van der Waals surface area contributed by atoms with E-state index in [0.717, 1.165) is 18.8 Å². The lowest BCUT2D eigenvalue weighted by Gasteiger charge is -2.35. The van der Waals surface area contributed by atoms with Crippen molar-refractivity contribution in [2.24, 2.45) is 11.7 Å². The van der Waals surface area contributed by atoms with Crippen LogP contribution in [-0.4, -0.2) is 35.1 Å². The quantitative estimate of drug-likeness (QED) is 0.516. The van der Waals surface area contributed by atoms with Gasteiger partial charge in [-0.1, -0.05) is 6.92 Å². The number of nitrogens with zero attached hydrogens (tertiary/aromatic N) is 2. The zero-order chi connectivity index (χ0) is 12.4. The number of hydrogen-bond donors (Lipinski definition) is 3. The number of aromatic nitrogens is 1. The third kappa shape index (κ3) is 2.55. The van der Waals surface area contributed by atoms with Crippen molar-refractivity contribution in [3.63, 3.8) is 0 Å². The Morgan fingerprint density at radius 2 is 2.41 bits per heavy atom. The van der Waals surface area contributed by atoms with E-state index in [1.807, 2.05) is 4.90 Å². The SMILES string of the molecule is CC1CCN(c2cc(C(=N)N)ccn2)CC1O. The summed E-state index contributed by atoms with van der Waals surface area (Å²) in [5, 5.41) is 17.3. The number of aliphatic hydroxyl groups is 1. The van der Waals surface area contributed by atoms with Crippen molar-refractivity contribution in [1.29, 1.82) is 5.41 Å². The molecule has 4 N–H and O–H groups in total. The van der Waals surface area contributed by atoms with Crippen molar-refractivity contribution in [2.75, 3.05) is 18.0 Å². The van der Waals surface area contributed by atoms with E-state index in [4.69, 9.17) is 11.1 Å². The first kappa shape index (κ1) is 11.9. The zero-order valence-electron chi connectivity index (χ0n) is 9.93. The molecule has 1 saturated heterocycles. The Labute approximate surface area is 101 Å². The molecule has 0 bridgehead atoms.